The van der Waals surface area contributed by atoms with Gasteiger partial charge in [-0.05, 0) is 23.8 Å². The first kappa shape index (κ1) is 12.6. The summed E-state index contributed by atoms with van der Waals surface area (Å²) >= 11 is 1.52. The minimum absolute atomic E-state index is 0.210. The van der Waals surface area contributed by atoms with Crippen molar-refractivity contribution in [1.29, 1.82) is 5.26 Å². The average molecular weight is 235 g/mol. The molecule has 0 radical (unpaired) electrons. The fourth-order valence-corrected chi connectivity index (χ4v) is 2.04. The minimum atomic E-state index is -0.210. The van der Waals surface area contributed by atoms with Crippen molar-refractivity contribution in [3.05, 3.63) is 35.4 Å². The summed E-state index contributed by atoms with van der Waals surface area (Å²) in [4.78, 5) is 10.9. The third-order valence-electron chi connectivity index (χ3n) is 2.10. The number of carbonyl (C=O) groups excluding carboxylic acids is 1. The molecule has 1 aromatic rings. The van der Waals surface area contributed by atoms with Crippen LogP contribution in [0.25, 0.3) is 0 Å². The van der Waals surface area contributed by atoms with Gasteiger partial charge in [0.25, 0.3) is 0 Å². The molecule has 1 rings (SSSR count). The van der Waals surface area contributed by atoms with Crippen molar-refractivity contribution in [3.63, 3.8) is 0 Å². The van der Waals surface area contributed by atoms with Crippen LogP contribution in [0.1, 0.15) is 11.1 Å². The molecule has 0 unspecified atom stereocenters. The number of hydrogen-bond donors (Lipinski definition) is 0. The van der Waals surface area contributed by atoms with Gasteiger partial charge in [-0.1, -0.05) is 18.2 Å². The highest BCUT2D eigenvalue weighted by Crippen LogP contribution is 2.11. The van der Waals surface area contributed by atoms with Crippen LogP contribution in [0.3, 0.4) is 0 Å². The van der Waals surface area contributed by atoms with Gasteiger partial charge in [-0.25, -0.2) is 0 Å². The van der Waals surface area contributed by atoms with Crippen molar-refractivity contribution in [2.24, 2.45) is 0 Å². The second-order valence-corrected chi connectivity index (χ2v) is 4.25. The minimum Gasteiger partial charge on any atom is -0.468 e. The Hall–Kier alpha value is -1.47. The van der Waals surface area contributed by atoms with E-state index in [-0.39, 0.29) is 5.97 Å². The maximum absolute atomic E-state index is 10.9. The molecule has 4 heteroatoms. The van der Waals surface area contributed by atoms with E-state index in [9.17, 15) is 4.79 Å². The fraction of sp³-hybridized carbons (Fsp3) is 0.333. The molecule has 0 heterocycles. The number of esters is 1. The highest BCUT2D eigenvalue weighted by Gasteiger charge is 2.03. The van der Waals surface area contributed by atoms with E-state index in [0.29, 0.717) is 11.3 Å². The Bertz CT molecular complexity index is 398. The summed E-state index contributed by atoms with van der Waals surface area (Å²) in [5.41, 5.74) is 1.74. The van der Waals surface area contributed by atoms with Crippen LogP contribution in [-0.4, -0.2) is 24.6 Å². The van der Waals surface area contributed by atoms with Crippen LogP contribution in [0.15, 0.2) is 24.3 Å². The molecule has 0 atom stereocenters. The summed E-state index contributed by atoms with van der Waals surface area (Å²) in [6.45, 7) is 0. The SMILES string of the molecule is COC(=O)CSCCc1ccccc1C#N. The standard InChI is InChI=1S/C12H13NO2S/c1-15-12(14)9-16-7-6-10-4-2-3-5-11(10)8-13/h2-5H,6-7,9H2,1H3. The predicted octanol–water partition coefficient (Wildman–Crippen LogP) is 2.01. The van der Waals surface area contributed by atoms with E-state index in [1.54, 1.807) is 6.07 Å². The van der Waals surface area contributed by atoms with Crippen molar-refractivity contribution in [2.75, 3.05) is 18.6 Å². The van der Waals surface area contributed by atoms with Crippen molar-refractivity contribution in [1.82, 2.24) is 0 Å². The first-order valence-electron chi connectivity index (χ1n) is 4.90. The monoisotopic (exact) mass is 235 g/mol. The molecule has 1 aromatic carbocycles. The van der Waals surface area contributed by atoms with E-state index in [4.69, 9.17) is 5.26 Å². The van der Waals surface area contributed by atoms with Gasteiger partial charge >= 0.3 is 5.97 Å². The number of rotatable bonds is 5. The molecule has 0 spiro atoms. The van der Waals surface area contributed by atoms with Crippen LogP contribution >= 0.6 is 11.8 Å². The van der Waals surface area contributed by atoms with Gasteiger partial charge in [-0.15, -0.1) is 11.8 Å². The molecule has 0 aliphatic rings. The number of aryl methyl sites for hydroxylation is 1. The van der Waals surface area contributed by atoms with Crippen LogP contribution in [-0.2, 0) is 16.0 Å². The second kappa shape index (κ2) is 6.91. The Balaban J connectivity index is 2.38. The summed E-state index contributed by atoms with van der Waals surface area (Å²) in [6.07, 6.45) is 0.797. The van der Waals surface area contributed by atoms with E-state index in [1.807, 2.05) is 18.2 Å². The number of hydrogen-bond acceptors (Lipinski definition) is 4. The Morgan fingerprint density at radius 3 is 2.94 bits per heavy atom. The van der Waals surface area contributed by atoms with E-state index in [1.165, 1.54) is 18.9 Å². The van der Waals surface area contributed by atoms with E-state index in [0.717, 1.165) is 17.7 Å². The number of nitrogens with zero attached hydrogens (tertiary/aromatic N) is 1. The molecule has 0 saturated heterocycles. The lowest BCUT2D eigenvalue weighted by atomic mass is 10.1. The first-order valence-corrected chi connectivity index (χ1v) is 6.06. The summed E-state index contributed by atoms with van der Waals surface area (Å²) in [7, 11) is 1.38. The molecular formula is C12H13NO2S. The molecule has 0 aromatic heterocycles. The highest BCUT2D eigenvalue weighted by molar-refractivity contribution is 7.99. The predicted molar refractivity (Wildman–Crippen MR) is 64.2 cm³/mol. The van der Waals surface area contributed by atoms with Crippen molar-refractivity contribution < 1.29 is 9.53 Å². The Labute approximate surface area is 99.4 Å². The van der Waals surface area contributed by atoms with Gasteiger partial charge in [0.05, 0.1) is 24.5 Å². The van der Waals surface area contributed by atoms with Crippen molar-refractivity contribution in [2.45, 2.75) is 6.42 Å². The maximum atomic E-state index is 10.9. The zero-order chi connectivity index (χ0) is 11.8. The summed E-state index contributed by atoms with van der Waals surface area (Å²) in [5.74, 6) is 0.970. The summed E-state index contributed by atoms with van der Waals surface area (Å²) in [5, 5.41) is 8.87. The normalized spacial score (nSPS) is 9.50. The van der Waals surface area contributed by atoms with Gasteiger partial charge in [0.15, 0.2) is 0 Å². The second-order valence-electron chi connectivity index (χ2n) is 3.15. The lowest BCUT2D eigenvalue weighted by Crippen LogP contribution is -2.04. The lowest BCUT2D eigenvalue weighted by Gasteiger charge is -2.03. The van der Waals surface area contributed by atoms with Gasteiger partial charge in [-0.3, -0.25) is 4.79 Å². The lowest BCUT2D eigenvalue weighted by molar-refractivity contribution is -0.137. The third kappa shape index (κ3) is 3.95. The first-order chi connectivity index (χ1) is 7.77. The molecular weight excluding hydrogens is 222 g/mol. The maximum Gasteiger partial charge on any atom is 0.315 e. The molecule has 0 saturated carbocycles. The average Bonchev–Trinajstić information content (AvgIpc) is 2.34. The van der Waals surface area contributed by atoms with E-state index >= 15 is 0 Å². The van der Waals surface area contributed by atoms with Crippen LogP contribution in [0, 0.1) is 11.3 Å². The smallest absolute Gasteiger partial charge is 0.315 e. The van der Waals surface area contributed by atoms with Gasteiger partial charge in [0, 0.05) is 0 Å². The van der Waals surface area contributed by atoms with Crippen LogP contribution in [0.5, 0.6) is 0 Å². The summed E-state index contributed by atoms with van der Waals surface area (Å²) in [6, 6.07) is 9.67. The van der Waals surface area contributed by atoms with Crippen molar-refractivity contribution >= 4 is 17.7 Å². The quantitative estimate of drug-likeness (QED) is 0.578. The molecule has 0 bridgehead atoms. The number of thioether (sulfide) groups is 1. The number of benzene rings is 1. The molecule has 3 nitrogen and oxygen atoms in total. The number of carbonyl (C=O) groups is 1. The van der Waals surface area contributed by atoms with Gasteiger partial charge < -0.3 is 4.74 Å². The van der Waals surface area contributed by atoms with E-state index in [2.05, 4.69) is 10.8 Å². The fourth-order valence-electron chi connectivity index (χ4n) is 1.24. The highest BCUT2D eigenvalue weighted by atomic mass is 32.2. The van der Waals surface area contributed by atoms with E-state index < -0.39 is 0 Å². The van der Waals surface area contributed by atoms with Crippen LogP contribution < -0.4 is 0 Å². The molecule has 0 amide bonds. The third-order valence-corrected chi connectivity index (χ3v) is 3.03. The molecule has 0 aliphatic heterocycles. The molecule has 0 N–H and O–H groups in total. The Morgan fingerprint density at radius 1 is 1.50 bits per heavy atom. The zero-order valence-electron chi connectivity index (χ0n) is 9.10. The number of methoxy groups -OCH3 is 1. The van der Waals surface area contributed by atoms with Crippen LogP contribution in [0.4, 0.5) is 0 Å². The van der Waals surface area contributed by atoms with Gasteiger partial charge in [0.1, 0.15) is 0 Å². The Kier molecular flexibility index (Phi) is 5.44. The molecule has 16 heavy (non-hydrogen) atoms. The number of nitriles is 1. The molecule has 84 valence electrons. The molecule has 0 aliphatic carbocycles. The summed E-state index contributed by atoms with van der Waals surface area (Å²) < 4.78 is 4.54. The van der Waals surface area contributed by atoms with Crippen molar-refractivity contribution in [3.8, 4) is 6.07 Å². The van der Waals surface area contributed by atoms with Gasteiger partial charge in [0.2, 0.25) is 0 Å². The number of ether oxygens (including phenoxy) is 1. The van der Waals surface area contributed by atoms with Crippen LogP contribution in [0.2, 0.25) is 0 Å². The zero-order valence-corrected chi connectivity index (χ0v) is 9.92. The Morgan fingerprint density at radius 2 is 2.25 bits per heavy atom. The largest absolute Gasteiger partial charge is 0.468 e. The molecule has 0 fully saturated rings. The van der Waals surface area contributed by atoms with Gasteiger partial charge in [-0.2, -0.15) is 5.26 Å². The topological polar surface area (TPSA) is 50.1 Å².